The topological polar surface area (TPSA) is 174 Å². The number of aryl methyl sites for hydroxylation is 2. The Balaban J connectivity index is 0.718. The number of amides is 2. The molecule has 2 saturated carbocycles. The van der Waals surface area contributed by atoms with Crippen LogP contribution in [0, 0.1) is 18.3 Å². The third-order valence-corrected chi connectivity index (χ3v) is 17.4. The molecule has 1 atom stereocenters. The van der Waals surface area contributed by atoms with Gasteiger partial charge in [-0.2, -0.15) is 4.98 Å². The van der Waals surface area contributed by atoms with Crippen LogP contribution in [-0.2, 0) is 26.5 Å². The van der Waals surface area contributed by atoms with Crippen LogP contribution in [0.5, 0.6) is 0 Å². The number of halogens is 1. The molecule has 15 nitrogen and oxygen atoms in total. The zero-order valence-electron chi connectivity index (χ0n) is 35.8. The third kappa shape index (κ3) is 7.64. The summed E-state index contributed by atoms with van der Waals surface area (Å²) in [5.41, 5.74) is 4.23. The Kier molecular flexibility index (Phi) is 10.8. The SMILES string of the molecule is Cc1cc(S(=O)(=O)C2CCC3(CC2)CN(CC2CCN(c4ccc5c(c4)n(C)c(=O)n5C4CCC(=O)NC4=O)CC2)C3)ccc1Nc1ncc2cc(Cl)c(=O)n(C3CCCC3)c2n1. The van der Waals surface area contributed by atoms with Gasteiger partial charge in [-0.3, -0.25) is 33.4 Å². The molecule has 5 fully saturated rings. The predicted octanol–water partition coefficient (Wildman–Crippen LogP) is 6.18. The number of sulfone groups is 1. The van der Waals surface area contributed by atoms with Crippen LogP contribution < -0.4 is 26.8 Å². The summed E-state index contributed by atoms with van der Waals surface area (Å²) in [5.74, 6) is 0.182. The van der Waals surface area contributed by atoms with Gasteiger partial charge >= 0.3 is 5.69 Å². The highest BCUT2D eigenvalue weighted by molar-refractivity contribution is 7.92. The van der Waals surface area contributed by atoms with Crippen LogP contribution in [-0.4, -0.2) is 86.8 Å². The lowest BCUT2D eigenvalue weighted by Crippen LogP contribution is -2.59. The number of carbonyl (C=O) groups is 2. The number of imidazole rings is 1. The fourth-order valence-electron chi connectivity index (χ4n) is 11.3. The van der Waals surface area contributed by atoms with E-state index in [1.54, 1.807) is 46.6 Å². The fourth-order valence-corrected chi connectivity index (χ4v) is 13.3. The molecule has 0 radical (unpaired) electrons. The Hall–Kier alpha value is -5.06. The summed E-state index contributed by atoms with van der Waals surface area (Å²) in [7, 11) is -1.80. The van der Waals surface area contributed by atoms with Crippen molar-refractivity contribution in [2.45, 2.75) is 106 Å². The number of hydrogen-bond donors (Lipinski definition) is 2. The molecule has 6 heterocycles. The number of nitrogens with one attached hydrogen (secondary N) is 2. The molecule has 2 amide bonds. The zero-order valence-corrected chi connectivity index (χ0v) is 37.4. The molecule has 1 spiro atoms. The Bertz CT molecular complexity index is 2880. The minimum Gasteiger partial charge on any atom is -0.371 e. The van der Waals surface area contributed by atoms with Gasteiger partial charge in [-0.15, -0.1) is 0 Å². The molecule has 10 rings (SSSR count). The third-order valence-electron chi connectivity index (χ3n) is 14.8. The van der Waals surface area contributed by atoms with Crippen LogP contribution in [0.15, 0.2) is 63.1 Å². The lowest BCUT2D eigenvalue weighted by atomic mass is 9.68. The lowest BCUT2D eigenvalue weighted by Gasteiger charge is -2.54. The van der Waals surface area contributed by atoms with Gasteiger partial charge in [0, 0.05) is 75.2 Å². The van der Waals surface area contributed by atoms with Crippen molar-refractivity contribution < 1.29 is 18.0 Å². The van der Waals surface area contributed by atoms with Crippen molar-refractivity contribution in [3.05, 3.63) is 80.1 Å². The zero-order chi connectivity index (χ0) is 43.8. The van der Waals surface area contributed by atoms with Crippen molar-refractivity contribution in [1.29, 1.82) is 0 Å². The lowest BCUT2D eigenvalue weighted by molar-refractivity contribution is -0.135. The average molecular weight is 897 g/mol. The molecular weight excluding hydrogens is 842 g/mol. The number of anilines is 3. The van der Waals surface area contributed by atoms with Gasteiger partial charge in [0.05, 0.1) is 21.2 Å². The first-order valence-electron chi connectivity index (χ1n) is 22.5. The molecular formula is C46H54ClN9O6S. The highest BCUT2D eigenvalue weighted by Crippen LogP contribution is 2.47. The first-order chi connectivity index (χ1) is 30.3. The first kappa shape index (κ1) is 41.9. The van der Waals surface area contributed by atoms with Crippen molar-refractivity contribution in [2.75, 3.05) is 42.9 Å². The molecule has 5 aliphatic rings. The second-order valence-electron chi connectivity index (χ2n) is 18.9. The van der Waals surface area contributed by atoms with Gasteiger partial charge in [0.25, 0.3) is 5.56 Å². The summed E-state index contributed by atoms with van der Waals surface area (Å²) < 4.78 is 32.8. The summed E-state index contributed by atoms with van der Waals surface area (Å²) in [6.45, 7) is 6.82. The van der Waals surface area contributed by atoms with Crippen LogP contribution in [0.4, 0.5) is 17.3 Å². The molecule has 1 unspecified atom stereocenters. The molecule has 17 heteroatoms. The fraction of sp³-hybridized carbons (Fsp3) is 0.522. The molecule has 5 aromatic rings. The molecule has 0 bridgehead atoms. The number of likely N-dealkylation sites (tertiary alicyclic amines) is 1. The Morgan fingerprint density at radius 2 is 1.63 bits per heavy atom. The highest BCUT2D eigenvalue weighted by Gasteiger charge is 2.47. The van der Waals surface area contributed by atoms with E-state index in [4.69, 9.17) is 16.6 Å². The molecule has 63 heavy (non-hydrogen) atoms. The van der Waals surface area contributed by atoms with E-state index in [1.807, 2.05) is 25.1 Å². The summed E-state index contributed by atoms with van der Waals surface area (Å²) in [6.07, 6.45) is 11.4. The van der Waals surface area contributed by atoms with E-state index >= 15 is 0 Å². The molecule has 2 aromatic carbocycles. The normalized spacial score (nSPS) is 21.7. The maximum atomic E-state index is 14.0. The molecule has 3 saturated heterocycles. The minimum absolute atomic E-state index is 0.0498. The van der Waals surface area contributed by atoms with Crippen LogP contribution in [0.1, 0.15) is 94.7 Å². The Morgan fingerprint density at radius 1 is 0.889 bits per heavy atom. The monoisotopic (exact) mass is 895 g/mol. The molecule has 2 aliphatic carbocycles. The smallest absolute Gasteiger partial charge is 0.329 e. The quantitative estimate of drug-likeness (QED) is 0.162. The van der Waals surface area contributed by atoms with Gasteiger partial charge in [-0.25, -0.2) is 18.2 Å². The van der Waals surface area contributed by atoms with Crippen LogP contribution in [0.3, 0.4) is 0 Å². The van der Waals surface area contributed by atoms with E-state index in [-0.39, 0.29) is 40.1 Å². The van der Waals surface area contributed by atoms with Gasteiger partial charge in [0.2, 0.25) is 17.8 Å². The number of rotatable bonds is 9. The molecule has 2 N–H and O–H groups in total. The maximum Gasteiger partial charge on any atom is 0.329 e. The summed E-state index contributed by atoms with van der Waals surface area (Å²) in [4.78, 5) is 65.2. The van der Waals surface area contributed by atoms with Gasteiger partial charge in [-0.1, -0.05) is 24.4 Å². The van der Waals surface area contributed by atoms with Crippen molar-refractivity contribution in [2.24, 2.45) is 18.4 Å². The van der Waals surface area contributed by atoms with Gasteiger partial charge in [0.15, 0.2) is 9.84 Å². The van der Waals surface area contributed by atoms with Crippen molar-refractivity contribution in [3.63, 3.8) is 0 Å². The van der Waals surface area contributed by atoms with Crippen molar-refractivity contribution in [3.8, 4) is 0 Å². The second kappa shape index (κ2) is 16.2. The van der Waals surface area contributed by atoms with Gasteiger partial charge < -0.3 is 15.1 Å². The number of nitrogens with zero attached hydrogens (tertiary/aromatic N) is 7. The van der Waals surface area contributed by atoms with Crippen LogP contribution in [0.25, 0.3) is 22.1 Å². The highest BCUT2D eigenvalue weighted by atomic mass is 35.5. The van der Waals surface area contributed by atoms with Crippen LogP contribution in [0.2, 0.25) is 5.02 Å². The molecule has 3 aromatic heterocycles. The van der Waals surface area contributed by atoms with E-state index in [2.05, 4.69) is 25.4 Å². The van der Waals surface area contributed by atoms with Crippen molar-refractivity contribution in [1.82, 2.24) is 33.9 Å². The largest absolute Gasteiger partial charge is 0.371 e. The number of benzene rings is 2. The van der Waals surface area contributed by atoms with E-state index < -0.39 is 27.0 Å². The number of pyridine rings is 1. The van der Waals surface area contributed by atoms with Gasteiger partial charge in [0.1, 0.15) is 16.7 Å². The number of carbonyl (C=O) groups excluding carboxylic acids is 2. The average Bonchev–Trinajstić information content (AvgIpc) is 3.88. The van der Waals surface area contributed by atoms with Gasteiger partial charge in [-0.05, 0) is 124 Å². The number of hydrogen-bond acceptors (Lipinski definition) is 11. The molecule has 3 aliphatic heterocycles. The summed E-state index contributed by atoms with van der Waals surface area (Å²) in [5, 5.41) is 6.09. The number of piperidine rings is 2. The van der Waals surface area contributed by atoms with Crippen molar-refractivity contribution >= 4 is 72.6 Å². The Morgan fingerprint density at radius 3 is 2.35 bits per heavy atom. The van der Waals surface area contributed by atoms with E-state index in [1.165, 1.54) is 4.57 Å². The predicted molar refractivity (Wildman–Crippen MR) is 243 cm³/mol. The minimum atomic E-state index is -3.52. The molecule has 332 valence electrons. The summed E-state index contributed by atoms with van der Waals surface area (Å²) >= 11 is 6.31. The number of imide groups is 1. The van der Waals surface area contributed by atoms with E-state index in [0.29, 0.717) is 58.3 Å². The second-order valence-corrected chi connectivity index (χ2v) is 21.5. The Labute approximate surface area is 370 Å². The first-order valence-corrected chi connectivity index (χ1v) is 24.4. The maximum absolute atomic E-state index is 14.0. The summed E-state index contributed by atoms with van der Waals surface area (Å²) in [6, 6.07) is 12.2. The van der Waals surface area contributed by atoms with Crippen LogP contribution >= 0.6 is 11.6 Å². The number of fused-ring (bicyclic) bond motifs is 2. The van der Waals surface area contributed by atoms with E-state index in [0.717, 1.165) is 101 Å². The number of aromatic nitrogens is 5. The standard InChI is InChI=1S/C46H54ClN9O6S/c1-28-21-34(8-9-36(28)49-44-48-24-30-22-35(47)43(59)55(41(30)51-44)31-5-3-4-6-31)63(61,62)33-13-17-46(18-14-33)26-53(27-46)25-29-15-19-54(20-16-29)32-7-10-37-39(23-32)52(2)45(60)56(37)38-11-12-40(57)50-42(38)58/h7-10,21-24,29,31,33,38H,3-6,11-20,25-27H2,1-2H3,(H,48,49,51)(H,50,57,58). The van der Waals surface area contributed by atoms with E-state index in [9.17, 15) is 27.6 Å².